The van der Waals surface area contributed by atoms with E-state index in [0.717, 1.165) is 22.5 Å². The molecule has 0 amide bonds. The molecule has 3 nitrogen and oxygen atoms in total. The Labute approximate surface area is 122 Å². The first-order valence-electron chi connectivity index (χ1n) is 6.78. The van der Waals surface area contributed by atoms with Gasteiger partial charge in [0.1, 0.15) is 11.4 Å². The molecule has 3 rings (SSSR count). The first kappa shape index (κ1) is 13.4. The van der Waals surface area contributed by atoms with Gasteiger partial charge in [0.2, 0.25) is 0 Å². The maximum absolute atomic E-state index is 11.7. The number of fused-ring (bicyclic) bond motifs is 1. The van der Waals surface area contributed by atoms with Crippen LogP contribution in [0.5, 0.6) is 0 Å². The Kier molecular flexibility index (Phi) is 3.42. The Morgan fingerprint density at radius 3 is 2.80 bits per heavy atom. The van der Waals surface area contributed by atoms with Crippen molar-refractivity contribution >= 4 is 28.6 Å². The number of thioether (sulfide) groups is 1. The number of benzene rings is 1. The van der Waals surface area contributed by atoms with Crippen molar-refractivity contribution in [2.24, 2.45) is 0 Å². The van der Waals surface area contributed by atoms with E-state index in [9.17, 15) is 4.79 Å². The SMILES string of the molecule is Cc1cc(S[C@H]2C[C@@H](C)OC2=O)nc2c(C)cccc12. The van der Waals surface area contributed by atoms with Crippen LogP contribution in [-0.2, 0) is 9.53 Å². The summed E-state index contributed by atoms with van der Waals surface area (Å²) < 4.78 is 5.20. The van der Waals surface area contributed by atoms with E-state index in [1.807, 2.05) is 6.92 Å². The minimum Gasteiger partial charge on any atom is -0.462 e. The van der Waals surface area contributed by atoms with E-state index >= 15 is 0 Å². The van der Waals surface area contributed by atoms with Gasteiger partial charge in [-0.05, 0) is 38.0 Å². The van der Waals surface area contributed by atoms with Crippen LogP contribution in [0.4, 0.5) is 0 Å². The van der Waals surface area contributed by atoms with Crippen LogP contribution < -0.4 is 0 Å². The quantitative estimate of drug-likeness (QED) is 0.790. The molecule has 2 heterocycles. The number of pyridine rings is 1. The third-order valence-electron chi connectivity index (χ3n) is 3.61. The first-order valence-corrected chi connectivity index (χ1v) is 7.66. The van der Waals surface area contributed by atoms with Gasteiger partial charge in [-0.25, -0.2) is 4.98 Å². The molecule has 0 unspecified atom stereocenters. The molecule has 20 heavy (non-hydrogen) atoms. The van der Waals surface area contributed by atoms with Crippen LogP contribution in [0.25, 0.3) is 10.9 Å². The van der Waals surface area contributed by atoms with Gasteiger partial charge < -0.3 is 4.74 Å². The fourth-order valence-corrected chi connectivity index (χ4v) is 3.75. The summed E-state index contributed by atoms with van der Waals surface area (Å²) in [6.07, 6.45) is 0.777. The summed E-state index contributed by atoms with van der Waals surface area (Å²) in [4.78, 5) is 16.4. The molecular formula is C16H17NO2S. The number of aryl methyl sites for hydroxylation is 2. The lowest BCUT2D eigenvalue weighted by Gasteiger charge is -2.09. The molecule has 1 saturated heterocycles. The molecule has 0 N–H and O–H groups in total. The van der Waals surface area contributed by atoms with Crippen molar-refractivity contribution < 1.29 is 9.53 Å². The number of carbonyl (C=O) groups is 1. The highest BCUT2D eigenvalue weighted by molar-refractivity contribution is 8.00. The van der Waals surface area contributed by atoms with Crippen LogP contribution in [-0.4, -0.2) is 22.3 Å². The van der Waals surface area contributed by atoms with Crippen molar-refractivity contribution in [3.05, 3.63) is 35.4 Å². The smallest absolute Gasteiger partial charge is 0.319 e. The number of carbonyl (C=O) groups excluding carboxylic acids is 1. The predicted octanol–water partition coefficient (Wildman–Crippen LogP) is 3.65. The normalized spacial score (nSPS) is 22.2. The van der Waals surface area contributed by atoms with Crippen molar-refractivity contribution in [2.45, 2.75) is 43.6 Å². The number of para-hydroxylation sites is 1. The lowest BCUT2D eigenvalue weighted by Crippen LogP contribution is -2.09. The molecule has 0 aliphatic carbocycles. The zero-order chi connectivity index (χ0) is 14.3. The van der Waals surface area contributed by atoms with Gasteiger partial charge >= 0.3 is 5.97 Å². The molecule has 2 aromatic rings. The third-order valence-corrected chi connectivity index (χ3v) is 4.73. The fraction of sp³-hybridized carbons (Fsp3) is 0.375. The van der Waals surface area contributed by atoms with Gasteiger partial charge in [0.05, 0.1) is 10.5 Å². The number of hydrogen-bond donors (Lipinski definition) is 0. The van der Waals surface area contributed by atoms with Gasteiger partial charge in [-0.2, -0.15) is 0 Å². The summed E-state index contributed by atoms with van der Waals surface area (Å²) in [6.45, 7) is 6.08. The average molecular weight is 287 g/mol. The van der Waals surface area contributed by atoms with Gasteiger partial charge in [-0.3, -0.25) is 4.79 Å². The van der Waals surface area contributed by atoms with Crippen LogP contribution in [0.1, 0.15) is 24.5 Å². The molecule has 4 heteroatoms. The Hall–Kier alpha value is -1.55. The maximum atomic E-state index is 11.7. The Balaban J connectivity index is 1.97. The lowest BCUT2D eigenvalue weighted by molar-refractivity contribution is -0.140. The molecule has 1 aliphatic rings. The highest BCUT2D eigenvalue weighted by atomic mass is 32.2. The number of aromatic nitrogens is 1. The Morgan fingerprint density at radius 1 is 1.30 bits per heavy atom. The molecular weight excluding hydrogens is 270 g/mol. The van der Waals surface area contributed by atoms with Crippen molar-refractivity contribution in [3.8, 4) is 0 Å². The topological polar surface area (TPSA) is 39.2 Å². The first-order chi connectivity index (χ1) is 9.54. The Bertz CT molecular complexity index is 683. The van der Waals surface area contributed by atoms with Crippen LogP contribution in [0.3, 0.4) is 0 Å². The van der Waals surface area contributed by atoms with Crippen molar-refractivity contribution in [1.29, 1.82) is 0 Å². The van der Waals surface area contributed by atoms with Gasteiger partial charge in [0.25, 0.3) is 0 Å². The van der Waals surface area contributed by atoms with Crippen LogP contribution in [0, 0.1) is 13.8 Å². The summed E-state index contributed by atoms with van der Waals surface area (Å²) in [5.74, 6) is -0.119. The van der Waals surface area contributed by atoms with E-state index in [2.05, 4.69) is 38.1 Å². The second-order valence-corrected chi connectivity index (χ2v) is 6.56. The van der Waals surface area contributed by atoms with Gasteiger partial charge in [0, 0.05) is 11.8 Å². The monoisotopic (exact) mass is 287 g/mol. The van der Waals surface area contributed by atoms with Crippen LogP contribution in [0.15, 0.2) is 29.3 Å². The largest absolute Gasteiger partial charge is 0.462 e. The molecule has 0 spiro atoms. The van der Waals surface area contributed by atoms with E-state index in [-0.39, 0.29) is 17.3 Å². The highest BCUT2D eigenvalue weighted by Gasteiger charge is 2.33. The summed E-state index contributed by atoms with van der Waals surface area (Å²) in [7, 11) is 0. The van der Waals surface area contributed by atoms with Crippen molar-refractivity contribution in [2.75, 3.05) is 0 Å². The highest BCUT2D eigenvalue weighted by Crippen LogP contribution is 2.33. The van der Waals surface area contributed by atoms with Gasteiger partial charge in [-0.1, -0.05) is 30.0 Å². The molecule has 0 saturated carbocycles. The van der Waals surface area contributed by atoms with Crippen LogP contribution >= 0.6 is 11.8 Å². The Morgan fingerprint density at radius 2 is 2.10 bits per heavy atom. The summed E-state index contributed by atoms with van der Waals surface area (Å²) in [5, 5.41) is 1.95. The second-order valence-electron chi connectivity index (χ2n) is 5.34. The molecule has 2 atom stereocenters. The lowest BCUT2D eigenvalue weighted by atomic mass is 10.1. The summed E-state index contributed by atoms with van der Waals surface area (Å²) in [5.41, 5.74) is 3.38. The van der Waals surface area contributed by atoms with E-state index < -0.39 is 0 Å². The maximum Gasteiger partial charge on any atom is 0.319 e. The minimum atomic E-state index is -0.127. The number of cyclic esters (lactones) is 1. The van der Waals surface area contributed by atoms with Gasteiger partial charge in [0.15, 0.2) is 0 Å². The molecule has 104 valence electrons. The second kappa shape index (κ2) is 5.09. The van der Waals surface area contributed by atoms with Crippen LogP contribution in [0.2, 0.25) is 0 Å². The number of rotatable bonds is 2. The molecule has 1 aromatic carbocycles. The summed E-state index contributed by atoms with van der Waals surface area (Å²) in [6, 6.07) is 8.26. The molecule has 1 aliphatic heterocycles. The fourth-order valence-electron chi connectivity index (χ4n) is 2.55. The number of ether oxygens (including phenoxy) is 1. The molecule has 1 aromatic heterocycles. The number of hydrogen-bond acceptors (Lipinski definition) is 4. The summed E-state index contributed by atoms with van der Waals surface area (Å²) >= 11 is 1.52. The number of esters is 1. The number of nitrogens with zero attached hydrogens (tertiary/aromatic N) is 1. The zero-order valence-corrected chi connectivity index (χ0v) is 12.7. The van der Waals surface area contributed by atoms with E-state index in [0.29, 0.717) is 0 Å². The van der Waals surface area contributed by atoms with E-state index in [1.165, 1.54) is 22.7 Å². The van der Waals surface area contributed by atoms with E-state index in [4.69, 9.17) is 9.72 Å². The van der Waals surface area contributed by atoms with Crippen molar-refractivity contribution in [3.63, 3.8) is 0 Å². The standard InChI is InChI=1S/C16H17NO2S/c1-9-5-4-6-12-10(2)7-14(17-15(9)12)20-13-8-11(3)19-16(13)18/h4-7,11,13H,8H2,1-3H3/t11-,13+/m1/s1. The molecule has 0 bridgehead atoms. The third kappa shape index (κ3) is 2.40. The minimum absolute atomic E-state index is 0.0169. The molecule has 1 fully saturated rings. The predicted molar refractivity (Wildman–Crippen MR) is 81.0 cm³/mol. The van der Waals surface area contributed by atoms with Crippen molar-refractivity contribution in [1.82, 2.24) is 4.98 Å². The van der Waals surface area contributed by atoms with E-state index in [1.54, 1.807) is 0 Å². The molecule has 0 radical (unpaired) electrons. The average Bonchev–Trinajstić information content (AvgIpc) is 2.69. The zero-order valence-electron chi connectivity index (χ0n) is 11.8. The van der Waals surface area contributed by atoms with Gasteiger partial charge in [-0.15, -0.1) is 0 Å².